The maximum atomic E-state index is 13.0. The van der Waals surface area contributed by atoms with E-state index in [0.29, 0.717) is 40.5 Å². The molecule has 2 aromatic carbocycles. The van der Waals surface area contributed by atoms with E-state index in [1.807, 2.05) is 6.07 Å². The van der Waals surface area contributed by atoms with Crippen molar-refractivity contribution in [2.24, 2.45) is 5.92 Å². The minimum absolute atomic E-state index is 0.0607. The van der Waals surface area contributed by atoms with Gasteiger partial charge in [0.25, 0.3) is 0 Å². The number of fused-ring (bicyclic) bond motifs is 1. The summed E-state index contributed by atoms with van der Waals surface area (Å²) in [6.45, 7) is 4.85. The second-order valence-electron chi connectivity index (χ2n) is 7.73. The van der Waals surface area contributed by atoms with Crippen molar-refractivity contribution in [3.8, 4) is 23.0 Å². The Morgan fingerprint density at radius 1 is 1.17 bits per heavy atom. The number of hydrogen-bond acceptors (Lipinski definition) is 5. The molecule has 6 nitrogen and oxygen atoms in total. The van der Waals surface area contributed by atoms with Gasteiger partial charge in [-0.05, 0) is 31.0 Å². The maximum absolute atomic E-state index is 13.0. The lowest BCUT2D eigenvalue weighted by atomic mass is 9.99. The Bertz CT molecular complexity index is 1070. The summed E-state index contributed by atoms with van der Waals surface area (Å²) in [5, 5.41) is 12.9. The van der Waals surface area contributed by atoms with Gasteiger partial charge in [0, 0.05) is 11.5 Å². The summed E-state index contributed by atoms with van der Waals surface area (Å²) < 4.78 is 16.8. The van der Waals surface area contributed by atoms with Crippen molar-refractivity contribution in [2.45, 2.75) is 26.3 Å². The van der Waals surface area contributed by atoms with Gasteiger partial charge in [0.05, 0.1) is 25.6 Å². The molecule has 0 amide bonds. The van der Waals surface area contributed by atoms with Crippen LogP contribution in [0.2, 0.25) is 0 Å². The van der Waals surface area contributed by atoms with Crippen LogP contribution >= 0.6 is 0 Å². The monoisotopic (exact) mass is 395 g/mol. The van der Waals surface area contributed by atoms with E-state index in [1.54, 1.807) is 18.2 Å². The van der Waals surface area contributed by atoms with Gasteiger partial charge in [-0.2, -0.15) is 0 Å². The fraction of sp³-hybridized carbons (Fsp3) is 0.348. The Morgan fingerprint density at radius 2 is 1.97 bits per heavy atom. The first kappa shape index (κ1) is 19.3. The summed E-state index contributed by atoms with van der Waals surface area (Å²) in [5.41, 5.74) is 0.619. The molecule has 2 atom stereocenters. The van der Waals surface area contributed by atoms with E-state index >= 15 is 0 Å². The van der Waals surface area contributed by atoms with Crippen LogP contribution in [0.3, 0.4) is 0 Å². The Labute approximate surface area is 169 Å². The number of benzene rings is 2. The van der Waals surface area contributed by atoms with E-state index in [2.05, 4.69) is 6.92 Å². The summed E-state index contributed by atoms with van der Waals surface area (Å²) in [6.07, 6.45) is 3.66. The molecular weight excluding hydrogens is 370 g/mol. The van der Waals surface area contributed by atoms with Crippen LogP contribution in [0.25, 0.3) is 11.0 Å². The molecule has 152 valence electrons. The van der Waals surface area contributed by atoms with Gasteiger partial charge in [-0.1, -0.05) is 30.9 Å². The maximum Gasteiger partial charge on any atom is 0.235 e. The third kappa shape index (κ3) is 3.93. The van der Waals surface area contributed by atoms with Gasteiger partial charge in [-0.15, -0.1) is 0 Å². The van der Waals surface area contributed by atoms with E-state index in [4.69, 9.17) is 13.9 Å². The third-order valence-corrected chi connectivity index (χ3v) is 5.55. The molecular formula is C23H25NO5. The molecule has 0 spiro atoms. The molecule has 2 unspecified atom stereocenters. The Balaban J connectivity index is 1.70. The first-order chi connectivity index (χ1) is 14.1. The molecule has 1 aliphatic rings. The molecule has 0 radical (unpaired) electrons. The summed E-state index contributed by atoms with van der Waals surface area (Å²) in [7, 11) is 1.54. The lowest BCUT2D eigenvalue weighted by molar-refractivity contribution is -0.922. The molecule has 1 N–H and O–H groups in total. The summed E-state index contributed by atoms with van der Waals surface area (Å²) in [4.78, 5) is 14.4. The molecule has 29 heavy (non-hydrogen) atoms. The van der Waals surface area contributed by atoms with Gasteiger partial charge in [0.2, 0.25) is 11.2 Å². The van der Waals surface area contributed by atoms with Gasteiger partial charge in [-0.25, -0.2) is 0 Å². The first-order valence-corrected chi connectivity index (χ1v) is 9.95. The van der Waals surface area contributed by atoms with Crippen LogP contribution in [-0.4, -0.2) is 20.2 Å². The zero-order valence-electron chi connectivity index (χ0n) is 16.7. The van der Waals surface area contributed by atoms with Crippen LogP contribution in [-0.2, 0) is 6.54 Å². The highest BCUT2D eigenvalue weighted by Crippen LogP contribution is 2.31. The summed E-state index contributed by atoms with van der Waals surface area (Å²) >= 11 is 0. The molecule has 1 fully saturated rings. The average molecular weight is 395 g/mol. The van der Waals surface area contributed by atoms with Crippen molar-refractivity contribution in [3.05, 3.63) is 58.4 Å². The molecule has 1 saturated heterocycles. The molecule has 0 aliphatic carbocycles. The molecule has 0 bridgehead atoms. The molecule has 4 rings (SSSR count). The summed E-state index contributed by atoms with van der Waals surface area (Å²) in [6, 6.07) is 10.1. The molecule has 6 heteroatoms. The van der Waals surface area contributed by atoms with Crippen molar-refractivity contribution >= 4 is 11.0 Å². The third-order valence-electron chi connectivity index (χ3n) is 5.55. The number of ether oxygens (including phenoxy) is 2. The minimum atomic E-state index is -0.305. The van der Waals surface area contributed by atoms with Crippen LogP contribution in [0.15, 0.2) is 51.9 Å². The zero-order chi connectivity index (χ0) is 20.4. The van der Waals surface area contributed by atoms with Gasteiger partial charge in [0.1, 0.15) is 18.4 Å². The fourth-order valence-electron chi connectivity index (χ4n) is 4.09. The lowest BCUT2D eigenvalue weighted by Crippen LogP contribution is -3.12. The van der Waals surface area contributed by atoms with Crippen LogP contribution in [0.1, 0.15) is 25.3 Å². The Kier molecular flexibility index (Phi) is 5.45. The highest BCUT2D eigenvalue weighted by molar-refractivity contribution is 5.82. The van der Waals surface area contributed by atoms with Crippen LogP contribution < -0.4 is 24.9 Å². The predicted molar refractivity (Wildman–Crippen MR) is 108 cm³/mol. The molecule has 1 aromatic heterocycles. The molecule has 2 heterocycles. The standard InChI is InChI=1S/C23H25NO5/c1-15-6-5-11-24(12-15)13-17-18(25)10-9-16-22(26)21(14-28-23(16)17)29-20-8-4-3-7-19(20)27-2/h3-4,7-10,14-15,25H,5-6,11-13H2,1-2H3. The fourth-order valence-corrected chi connectivity index (χ4v) is 4.09. The highest BCUT2D eigenvalue weighted by atomic mass is 16.5. The highest BCUT2D eigenvalue weighted by Gasteiger charge is 2.22. The molecule has 0 saturated carbocycles. The quantitative estimate of drug-likeness (QED) is 0.718. The number of rotatable bonds is 5. The number of hydrogen-bond donors (Lipinski definition) is 1. The largest absolute Gasteiger partial charge is 0.872 e. The number of likely N-dealkylation sites (tertiary alicyclic amines) is 1. The number of quaternary nitrogens is 1. The smallest absolute Gasteiger partial charge is 0.235 e. The van der Waals surface area contributed by atoms with Crippen LogP contribution in [0.5, 0.6) is 23.0 Å². The number of piperidine rings is 1. The van der Waals surface area contributed by atoms with E-state index in [1.165, 1.54) is 36.8 Å². The molecule has 3 aromatic rings. The van der Waals surface area contributed by atoms with Gasteiger partial charge in [-0.3, -0.25) is 4.79 Å². The molecule has 1 aliphatic heterocycles. The van der Waals surface area contributed by atoms with E-state index in [9.17, 15) is 9.90 Å². The minimum Gasteiger partial charge on any atom is -0.872 e. The SMILES string of the molecule is COc1ccccc1Oc1coc2c(C[NH+]3CCCC(C)C3)c([O-])ccc2c1=O. The normalized spacial score (nSPS) is 19.2. The van der Waals surface area contributed by atoms with Crippen LogP contribution in [0.4, 0.5) is 0 Å². The van der Waals surface area contributed by atoms with Crippen molar-refractivity contribution in [2.75, 3.05) is 20.2 Å². The van der Waals surface area contributed by atoms with E-state index in [-0.39, 0.29) is 16.9 Å². The first-order valence-electron chi connectivity index (χ1n) is 9.95. The zero-order valence-corrected chi connectivity index (χ0v) is 16.7. The van der Waals surface area contributed by atoms with Gasteiger partial charge < -0.3 is 23.9 Å². The number of para-hydroxylation sites is 2. The van der Waals surface area contributed by atoms with E-state index < -0.39 is 0 Å². The second kappa shape index (κ2) is 8.17. The van der Waals surface area contributed by atoms with Gasteiger partial charge in [0.15, 0.2) is 11.5 Å². The predicted octanol–water partition coefficient (Wildman–Crippen LogP) is 2.48. The average Bonchev–Trinajstić information content (AvgIpc) is 2.72. The van der Waals surface area contributed by atoms with Gasteiger partial charge >= 0.3 is 0 Å². The van der Waals surface area contributed by atoms with Crippen molar-refractivity contribution in [1.29, 1.82) is 0 Å². The van der Waals surface area contributed by atoms with Crippen molar-refractivity contribution in [1.82, 2.24) is 0 Å². The van der Waals surface area contributed by atoms with E-state index in [0.717, 1.165) is 19.5 Å². The Morgan fingerprint density at radius 3 is 2.72 bits per heavy atom. The van der Waals surface area contributed by atoms with Crippen molar-refractivity contribution < 1.29 is 23.9 Å². The van der Waals surface area contributed by atoms with Crippen molar-refractivity contribution in [3.63, 3.8) is 0 Å². The number of methoxy groups -OCH3 is 1. The topological polar surface area (TPSA) is 76.2 Å². The lowest BCUT2D eigenvalue weighted by Gasteiger charge is -2.29. The second-order valence-corrected chi connectivity index (χ2v) is 7.73. The Hall–Kier alpha value is -2.99. The summed E-state index contributed by atoms with van der Waals surface area (Å²) in [5.74, 6) is 1.55. The number of nitrogens with one attached hydrogen (secondary N) is 1. The van der Waals surface area contributed by atoms with Crippen LogP contribution in [0, 0.1) is 5.92 Å².